The number of rotatable bonds is 8. The molecule has 0 saturated heterocycles. The number of hydrogen-bond acceptors (Lipinski definition) is 3. The minimum absolute atomic E-state index is 0.304. The predicted octanol–water partition coefficient (Wildman–Crippen LogP) is 2.62. The van der Waals surface area contributed by atoms with Crippen LogP contribution in [0.2, 0.25) is 0 Å². The normalized spacial score (nSPS) is 10.2. The molecule has 0 aliphatic carbocycles. The lowest BCUT2D eigenvalue weighted by atomic mass is 10.1. The molecule has 0 spiro atoms. The number of aryl methyl sites for hydroxylation is 1. The van der Waals surface area contributed by atoms with Crippen molar-refractivity contribution in [3.8, 4) is 5.75 Å². The van der Waals surface area contributed by atoms with Gasteiger partial charge in [0.15, 0.2) is 0 Å². The fourth-order valence-electron chi connectivity index (χ4n) is 1.61. The van der Waals surface area contributed by atoms with E-state index in [1.54, 1.807) is 14.2 Å². The van der Waals surface area contributed by atoms with Gasteiger partial charge in [-0.15, -0.1) is 0 Å². The van der Waals surface area contributed by atoms with E-state index in [1.165, 1.54) is 5.56 Å². The van der Waals surface area contributed by atoms with E-state index in [9.17, 15) is 4.79 Å². The van der Waals surface area contributed by atoms with Gasteiger partial charge in [0.2, 0.25) is 0 Å². The minimum Gasteiger partial charge on any atom is -0.497 e. The van der Waals surface area contributed by atoms with Gasteiger partial charge in [-0.25, -0.2) is 0 Å². The molecule has 0 N–H and O–H groups in total. The van der Waals surface area contributed by atoms with Gasteiger partial charge in [-0.05, 0) is 30.5 Å². The Morgan fingerprint density at radius 2 is 1.82 bits per heavy atom. The van der Waals surface area contributed by atoms with Crippen LogP contribution in [0.25, 0.3) is 0 Å². The first-order valence-electron chi connectivity index (χ1n) is 5.90. The van der Waals surface area contributed by atoms with Crippen LogP contribution in [0.5, 0.6) is 5.75 Å². The fraction of sp³-hybridized carbons (Fsp3) is 0.500. The Morgan fingerprint density at radius 3 is 2.41 bits per heavy atom. The van der Waals surface area contributed by atoms with E-state index in [4.69, 9.17) is 9.47 Å². The number of ether oxygens (including phenoxy) is 2. The van der Waals surface area contributed by atoms with Crippen LogP contribution in [-0.2, 0) is 16.0 Å². The molecule has 1 aromatic carbocycles. The molecule has 1 aromatic rings. The quantitative estimate of drug-likeness (QED) is 0.651. The summed E-state index contributed by atoms with van der Waals surface area (Å²) in [5.74, 6) is 1.15. The van der Waals surface area contributed by atoms with Crippen LogP contribution < -0.4 is 4.74 Å². The van der Waals surface area contributed by atoms with E-state index in [0.29, 0.717) is 25.2 Å². The maximum atomic E-state index is 11.5. The van der Waals surface area contributed by atoms with Crippen molar-refractivity contribution < 1.29 is 14.3 Å². The van der Waals surface area contributed by atoms with Gasteiger partial charge in [0, 0.05) is 26.6 Å². The molecular weight excluding hydrogens is 216 g/mol. The second-order valence-corrected chi connectivity index (χ2v) is 3.98. The van der Waals surface area contributed by atoms with Gasteiger partial charge in [0.05, 0.1) is 7.11 Å². The van der Waals surface area contributed by atoms with Gasteiger partial charge < -0.3 is 9.47 Å². The van der Waals surface area contributed by atoms with Crippen molar-refractivity contribution in [2.24, 2.45) is 0 Å². The van der Waals surface area contributed by atoms with E-state index in [2.05, 4.69) is 0 Å². The van der Waals surface area contributed by atoms with Crippen LogP contribution >= 0.6 is 0 Å². The molecule has 3 heteroatoms. The highest BCUT2D eigenvalue weighted by molar-refractivity contribution is 5.78. The average Bonchev–Trinajstić information content (AvgIpc) is 2.37. The van der Waals surface area contributed by atoms with Crippen molar-refractivity contribution >= 4 is 5.78 Å². The smallest absolute Gasteiger partial charge is 0.133 e. The summed E-state index contributed by atoms with van der Waals surface area (Å²) >= 11 is 0. The Morgan fingerprint density at radius 1 is 1.12 bits per heavy atom. The average molecular weight is 236 g/mol. The molecule has 0 fully saturated rings. The van der Waals surface area contributed by atoms with Crippen LogP contribution in [0.1, 0.15) is 24.8 Å². The molecule has 17 heavy (non-hydrogen) atoms. The molecule has 3 nitrogen and oxygen atoms in total. The molecular formula is C14H20O3. The summed E-state index contributed by atoms with van der Waals surface area (Å²) in [5.41, 5.74) is 1.17. The zero-order valence-electron chi connectivity index (χ0n) is 10.6. The van der Waals surface area contributed by atoms with Gasteiger partial charge in [-0.2, -0.15) is 0 Å². The summed E-state index contributed by atoms with van der Waals surface area (Å²) in [6.07, 6.45) is 2.84. The number of Topliss-reactive ketones (excluding diaryl/α,β-unsaturated/α-hetero) is 1. The molecule has 94 valence electrons. The fourth-order valence-corrected chi connectivity index (χ4v) is 1.61. The Kier molecular flexibility index (Phi) is 6.33. The second-order valence-electron chi connectivity index (χ2n) is 3.98. The highest BCUT2D eigenvalue weighted by atomic mass is 16.5. The van der Waals surface area contributed by atoms with E-state index >= 15 is 0 Å². The predicted molar refractivity (Wildman–Crippen MR) is 67.4 cm³/mol. The number of benzene rings is 1. The molecule has 0 aromatic heterocycles. The standard InChI is InChI=1S/C14H20O3/c1-16-11-3-4-13(15)8-5-12-6-9-14(17-2)10-7-12/h6-7,9-10H,3-5,8,11H2,1-2H3. The van der Waals surface area contributed by atoms with Crippen LogP contribution in [-0.4, -0.2) is 26.6 Å². The van der Waals surface area contributed by atoms with Crippen LogP contribution in [0.3, 0.4) is 0 Å². The van der Waals surface area contributed by atoms with E-state index in [-0.39, 0.29) is 0 Å². The SMILES string of the molecule is COCCCC(=O)CCc1ccc(OC)cc1. The van der Waals surface area contributed by atoms with Crippen LogP contribution in [0, 0.1) is 0 Å². The van der Waals surface area contributed by atoms with E-state index in [1.807, 2.05) is 24.3 Å². The monoisotopic (exact) mass is 236 g/mol. The molecule has 0 aliphatic rings. The second kappa shape index (κ2) is 7.85. The number of carbonyl (C=O) groups excluding carboxylic acids is 1. The van der Waals surface area contributed by atoms with Crippen LogP contribution in [0.15, 0.2) is 24.3 Å². The number of methoxy groups -OCH3 is 2. The van der Waals surface area contributed by atoms with Gasteiger partial charge in [0.25, 0.3) is 0 Å². The highest BCUT2D eigenvalue weighted by Crippen LogP contribution is 2.13. The molecule has 0 unspecified atom stereocenters. The summed E-state index contributed by atoms with van der Waals surface area (Å²) in [6, 6.07) is 7.85. The number of carbonyl (C=O) groups is 1. The van der Waals surface area contributed by atoms with Crippen molar-refractivity contribution in [2.45, 2.75) is 25.7 Å². The topological polar surface area (TPSA) is 35.5 Å². The molecule has 0 atom stereocenters. The van der Waals surface area contributed by atoms with E-state index in [0.717, 1.165) is 18.6 Å². The van der Waals surface area contributed by atoms with Crippen molar-refractivity contribution in [3.05, 3.63) is 29.8 Å². The Balaban J connectivity index is 2.27. The lowest BCUT2D eigenvalue weighted by molar-refractivity contribution is -0.119. The number of hydrogen-bond donors (Lipinski definition) is 0. The van der Waals surface area contributed by atoms with Crippen molar-refractivity contribution in [3.63, 3.8) is 0 Å². The first-order valence-corrected chi connectivity index (χ1v) is 5.90. The zero-order chi connectivity index (χ0) is 12.5. The summed E-state index contributed by atoms with van der Waals surface area (Å²) in [4.78, 5) is 11.5. The Bertz CT molecular complexity index is 330. The van der Waals surface area contributed by atoms with Crippen molar-refractivity contribution in [1.82, 2.24) is 0 Å². The van der Waals surface area contributed by atoms with Gasteiger partial charge in [0.1, 0.15) is 11.5 Å². The highest BCUT2D eigenvalue weighted by Gasteiger charge is 2.02. The summed E-state index contributed by atoms with van der Waals surface area (Å²) in [5, 5.41) is 0. The maximum absolute atomic E-state index is 11.5. The molecule has 0 radical (unpaired) electrons. The zero-order valence-corrected chi connectivity index (χ0v) is 10.6. The van der Waals surface area contributed by atoms with Gasteiger partial charge in [-0.3, -0.25) is 4.79 Å². The largest absolute Gasteiger partial charge is 0.497 e. The molecule has 0 saturated carbocycles. The summed E-state index contributed by atoms with van der Waals surface area (Å²) in [6.45, 7) is 0.661. The van der Waals surface area contributed by atoms with Crippen molar-refractivity contribution in [1.29, 1.82) is 0 Å². The van der Waals surface area contributed by atoms with Crippen LogP contribution in [0.4, 0.5) is 0 Å². The Hall–Kier alpha value is -1.35. The summed E-state index contributed by atoms with van der Waals surface area (Å²) < 4.78 is 9.99. The van der Waals surface area contributed by atoms with Gasteiger partial charge >= 0.3 is 0 Å². The third-order valence-corrected chi connectivity index (χ3v) is 2.66. The molecule has 1 rings (SSSR count). The molecule has 0 bridgehead atoms. The maximum Gasteiger partial charge on any atom is 0.133 e. The first-order chi connectivity index (χ1) is 8.26. The first kappa shape index (κ1) is 13.7. The lowest BCUT2D eigenvalue weighted by Crippen LogP contribution is -2.02. The third kappa shape index (κ3) is 5.50. The summed E-state index contributed by atoms with van der Waals surface area (Å²) in [7, 11) is 3.30. The van der Waals surface area contributed by atoms with Gasteiger partial charge in [-0.1, -0.05) is 12.1 Å². The molecule has 0 aliphatic heterocycles. The molecule has 0 amide bonds. The lowest BCUT2D eigenvalue weighted by Gasteiger charge is -2.03. The third-order valence-electron chi connectivity index (χ3n) is 2.66. The minimum atomic E-state index is 0.304. The van der Waals surface area contributed by atoms with Crippen molar-refractivity contribution in [2.75, 3.05) is 20.8 Å². The van der Waals surface area contributed by atoms with E-state index < -0.39 is 0 Å². The Labute approximate surface area is 103 Å². The number of ketones is 1. The molecule has 0 heterocycles.